The van der Waals surface area contributed by atoms with Crippen molar-refractivity contribution in [2.24, 2.45) is 17.8 Å². The van der Waals surface area contributed by atoms with E-state index in [1.807, 2.05) is 22.6 Å². The van der Waals surface area contributed by atoms with Crippen LogP contribution in [-0.4, -0.2) is 5.91 Å². The number of rotatable bonds is 2. The Kier molecular flexibility index (Phi) is 3.30. The highest BCUT2D eigenvalue weighted by Gasteiger charge is 2.54. The van der Waals surface area contributed by atoms with Crippen LogP contribution in [0.25, 0.3) is 0 Å². The van der Waals surface area contributed by atoms with E-state index in [-0.39, 0.29) is 17.6 Å². The van der Waals surface area contributed by atoms with Gasteiger partial charge < -0.3 is 5.32 Å². The first kappa shape index (κ1) is 12.4. The van der Waals surface area contributed by atoms with Crippen LogP contribution in [0.15, 0.2) is 18.2 Å². The van der Waals surface area contributed by atoms with E-state index in [0.717, 1.165) is 0 Å². The smallest absolute Gasteiger partial charge is 0.228 e. The van der Waals surface area contributed by atoms with Crippen molar-refractivity contribution in [1.82, 2.24) is 0 Å². The molecule has 0 saturated heterocycles. The second-order valence-electron chi connectivity index (χ2n) is 5.23. The minimum atomic E-state index is -0.276. The first-order valence-corrected chi connectivity index (χ1v) is 7.51. The SMILES string of the molecule is O=C(Nc1cccc(F)c1I)C1C2CCCCC21. The molecule has 18 heavy (non-hydrogen) atoms. The lowest BCUT2D eigenvalue weighted by Crippen LogP contribution is -2.16. The second-order valence-corrected chi connectivity index (χ2v) is 6.31. The highest BCUT2D eigenvalue weighted by Crippen LogP contribution is 2.55. The maximum atomic E-state index is 13.4. The van der Waals surface area contributed by atoms with E-state index in [9.17, 15) is 9.18 Å². The third-order valence-corrected chi connectivity index (χ3v) is 5.27. The van der Waals surface area contributed by atoms with Gasteiger partial charge in [-0.1, -0.05) is 18.9 Å². The first-order valence-electron chi connectivity index (χ1n) is 6.43. The van der Waals surface area contributed by atoms with Gasteiger partial charge in [0.1, 0.15) is 5.82 Å². The summed E-state index contributed by atoms with van der Waals surface area (Å²) in [6.45, 7) is 0. The summed E-state index contributed by atoms with van der Waals surface area (Å²) in [6.07, 6.45) is 4.87. The number of carbonyl (C=O) groups is 1. The van der Waals surface area contributed by atoms with Gasteiger partial charge in [-0.25, -0.2) is 4.39 Å². The van der Waals surface area contributed by atoms with Gasteiger partial charge >= 0.3 is 0 Å². The lowest BCUT2D eigenvalue weighted by atomic mass is 10.0. The van der Waals surface area contributed by atoms with Crippen molar-refractivity contribution < 1.29 is 9.18 Å². The van der Waals surface area contributed by atoms with Crippen LogP contribution in [0, 0.1) is 27.1 Å². The van der Waals surface area contributed by atoms with Gasteiger partial charge in [-0.05, 0) is 59.4 Å². The molecule has 2 atom stereocenters. The number of anilines is 1. The van der Waals surface area contributed by atoms with Crippen LogP contribution in [0.5, 0.6) is 0 Å². The van der Waals surface area contributed by atoms with Crippen LogP contribution in [-0.2, 0) is 4.79 Å². The van der Waals surface area contributed by atoms with Gasteiger partial charge in [-0.2, -0.15) is 0 Å². The van der Waals surface area contributed by atoms with E-state index in [2.05, 4.69) is 5.32 Å². The van der Waals surface area contributed by atoms with Crippen LogP contribution in [0.2, 0.25) is 0 Å². The maximum absolute atomic E-state index is 13.4. The third kappa shape index (κ3) is 2.15. The molecule has 0 aromatic heterocycles. The fourth-order valence-corrected chi connectivity index (χ4v) is 3.69. The number of amides is 1. The highest BCUT2D eigenvalue weighted by molar-refractivity contribution is 14.1. The Morgan fingerprint density at radius 3 is 2.61 bits per heavy atom. The van der Waals surface area contributed by atoms with Crippen LogP contribution in [0.1, 0.15) is 25.7 Å². The molecule has 1 amide bonds. The molecule has 2 aliphatic rings. The van der Waals surface area contributed by atoms with E-state index in [1.165, 1.54) is 31.7 Å². The Hall–Kier alpha value is -0.650. The summed E-state index contributed by atoms with van der Waals surface area (Å²) in [6, 6.07) is 4.80. The fourth-order valence-electron chi connectivity index (χ4n) is 3.20. The zero-order chi connectivity index (χ0) is 12.7. The molecule has 2 unspecified atom stereocenters. The number of halogens is 2. The van der Waals surface area contributed by atoms with E-state index in [4.69, 9.17) is 0 Å². The predicted molar refractivity (Wildman–Crippen MR) is 76.7 cm³/mol. The molecule has 0 bridgehead atoms. The molecule has 96 valence electrons. The molecule has 2 aliphatic carbocycles. The number of benzene rings is 1. The quantitative estimate of drug-likeness (QED) is 0.800. The van der Waals surface area contributed by atoms with Crippen molar-refractivity contribution in [2.45, 2.75) is 25.7 Å². The van der Waals surface area contributed by atoms with E-state index < -0.39 is 0 Å². The average molecular weight is 359 g/mol. The molecule has 0 spiro atoms. The Morgan fingerprint density at radius 1 is 1.28 bits per heavy atom. The zero-order valence-corrected chi connectivity index (χ0v) is 12.1. The molecule has 0 aliphatic heterocycles. The molecular weight excluding hydrogens is 344 g/mol. The summed E-state index contributed by atoms with van der Waals surface area (Å²) in [5.41, 5.74) is 0.601. The molecule has 0 radical (unpaired) electrons. The van der Waals surface area contributed by atoms with Gasteiger partial charge in [0.15, 0.2) is 0 Å². The second kappa shape index (κ2) is 4.79. The van der Waals surface area contributed by atoms with Gasteiger partial charge in [0.25, 0.3) is 0 Å². The summed E-state index contributed by atoms with van der Waals surface area (Å²) >= 11 is 1.93. The van der Waals surface area contributed by atoms with Gasteiger partial charge in [0.2, 0.25) is 5.91 Å². The normalized spacial score (nSPS) is 29.6. The maximum Gasteiger partial charge on any atom is 0.228 e. The summed E-state index contributed by atoms with van der Waals surface area (Å²) in [7, 11) is 0. The molecule has 2 fully saturated rings. The van der Waals surface area contributed by atoms with Crippen molar-refractivity contribution in [3.63, 3.8) is 0 Å². The standard InChI is InChI=1S/C14H15FINO/c15-10-6-3-7-11(13(10)16)17-14(18)12-8-4-1-2-5-9(8)12/h3,6-9,12H,1-2,4-5H2,(H,17,18). The molecule has 2 nitrogen and oxygen atoms in total. The number of fused-ring (bicyclic) bond motifs is 1. The fraction of sp³-hybridized carbons (Fsp3) is 0.500. The summed E-state index contributed by atoms with van der Waals surface area (Å²) in [4.78, 5) is 12.2. The molecule has 3 rings (SSSR count). The van der Waals surface area contributed by atoms with Crippen molar-refractivity contribution in [3.05, 3.63) is 27.6 Å². The van der Waals surface area contributed by atoms with Crippen molar-refractivity contribution in [2.75, 3.05) is 5.32 Å². The van der Waals surface area contributed by atoms with Crippen LogP contribution < -0.4 is 5.32 Å². The van der Waals surface area contributed by atoms with Crippen LogP contribution >= 0.6 is 22.6 Å². The van der Waals surface area contributed by atoms with Crippen LogP contribution in [0.4, 0.5) is 10.1 Å². The molecule has 2 saturated carbocycles. The topological polar surface area (TPSA) is 29.1 Å². The average Bonchev–Trinajstić information content (AvgIpc) is 3.09. The summed E-state index contributed by atoms with van der Waals surface area (Å²) in [5.74, 6) is 1.15. The third-order valence-electron chi connectivity index (χ3n) is 4.17. The number of hydrogen-bond acceptors (Lipinski definition) is 1. The summed E-state index contributed by atoms with van der Waals surface area (Å²) < 4.78 is 13.9. The zero-order valence-electron chi connectivity index (χ0n) is 9.96. The molecule has 0 heterocycles. The lowest BCUT2D eigenvalue weighted by molar-refractivity contribution is -0.117. The Morgan fingerprint density at radius 2 is 1.94 bits per heavy atom. The molecule has 1 aromatic carbocycles. The Labute approximate surface area is 119 Å². The van der Waals surface area contributed by atoms with E-state index >= 15 is 0 Å². The predicted octanol–water partition coefficient (Wildman–Crippen LogP) is 3.81. The molecule has 1 aromatic rings. The van der Waals surface area contributed by atoms with Crippen molar-refractivity contribution >= 4 is 34.2 Å². The van der Waals surface area contributed by atoms with Gasteiger partial charge in [-0.15, -0.1) is 0 Å². The Bertz CT molecular complexity index is 479. The van der Waals surface area contributed by atoms with E-state index in [0.29, 0.717) is 21.1 Å². The minimum absolute atomic E-state index is 0.0791. The molecular formula is C14H15FINO. The van der Waals surface area contributed by atoms with Gasteiger partial charge in [-0.3, -0.25) is 4.79 Å². The van der Waals surface area contributed by atoms with Crippen molar-refractivity contribution in [3.8, 4) is 0 Å². The monoisotopic (exact) mass is 359 g/mol. The van der Waals surface area contributed by atoms with Gasteiger partial charge in [0.05, 0.1) is 9.26 Å². The van der Waals surface area contributed by atoms with Crippen molar-refractivity contribution in [1.29, 1.82) is 0 Å². The number of carbonyl (C=O) groups excluding carboxylic acids is 1. The summed E-state index contributed by atoms with van der Waals surface area (Å²) in [5, 5.41) is 2.88. The largest absolute Gasteiger partial charge is 0.325 e. The number of hydrogen-bond donors (Lipinski definition) is 1. The van der Waals surface area contributed by atoms with E-state index in [1.54, 1.807) is 12.1 Å². The lowest BCUT2D eigenvalue weighted by Gasteiger charge is -2.07. The van der Waals surface area contributed by atoms with Crippen LogP contribution in [0.3, 0.4) is 0 Å². The number of nitrogens with one attached hydrogen (secondary N) is 1. The minimum Gasteiger partial charge on any atom is -0.325 e. The first-order chi connectivity index (χ1) is 8.68. The molecule has 4 heteroatoms. The highest BCUT2D eigenvalue weighted by atomic mass is 127. The van der Waals surface area contributed by atoms with Gasteiger partial charge in [0, 0.05) is 5.92 Å². The Balaban J connectivity index is 1.70. The molecule has 1 N–H and O–H groups in total.